The Labute approximate surface area is 144 Å². The third-order valence-corrected chi connectivity index (χ3v) is 4.90. The number of nitrogens with zero attached hydrogens (tertiary/aromatic N) is 3. The second-order valence-electron chi connectivity index (χ2n) is 5.81. The third kappa shape index (κ3) is 3.26. The summed E-state index contributed by atoms with van der Waals surface area (Å²) in [6, 6.07) is 9.95. The lowest BCUT2D eigenvalue weighted by molar-refractivity contribution is 0.0781. The zero-order valence-electron chi connectivity index (χ0n) is 13.3. The standard InChI is InChI=1S/C17H18ClN3OS/c1-11(2)21-8-4-5-13(21)10-20(3)16(22)12-6-7-14-15(9-12)23-17(18)19-14/h4-9,11H,10H2,1-3H3. The average Bonchev–Trinajstić information content (AvgIpc) is 3.10. The second kappa shape index (κ2) is 6.34. The van der Waals surface area contributed by atoms with Crippen LogP contribution in [0.4, 0.5) is 0 Å². The van der Waals surface area contributed by atoms with Gasteiger partial charge in [0.25, 0.3) is 5.91 Å². The summed E-state index contributed by atoms with van der Waals surface area (Å²) in [6.07, 6.45) is 2.05. The van der Waals surface area contributed by atoms with Crippen molar-refractivity contribution in [2.75, 3.05) is 7.05 Å². The lowest BCUT2D eigenvalue weighted by Crippen LogP contribution is -2.27. The molecule has 23 heavy (non-hydrogen) atoms. The fraction of sp³-hybridized carbons (Fsp3) is 0.294. The van der Waals surface area contributed by atoms with Crippen LogP contribution < -0.4 is 0 Å². The second-order valence-corrected chi connectivity index (χ2v) is 7.42. The Bertz CT molecular complexity index is 853. The molecule has 1 amide bonds. The molecule has 0 bridgehead atoms. The van der Waals surface area contributed by atoms with E-state index in [4.69, 9.17) is 11.6 Å². The fourth-order valence-corrected chi connectivity index (χ4v) is 3.70. The van der Waals surface area contributed by atoms with Gasteiger partial charge in [0, 0.05) is 30.5 Å². The van der Waals surface area contributed by atoms with Gasteiger partial charge in [0.2, 0.25) is 0 Å². The first-order valence-electron chi connectivity index (χ1n) is 7.43. The predicted molar refractivity (Wildman–Crippen MR) is 95.2 cm³/mol. The molecule has 0 saturated carbocycles. The summed E-state index contributed by atoms with van der Waals surface area (Å²) in [5.41, 5.74) is 2.61. The van der Waals surface area contributed by atoms with Crippen molar-refractivity contribution >= 4 is 39.1 Å². The van der Waals surface area contributed by atoms with Gasteiger partial charge in [-0.25, -0.2) is 4.98 Å². The van der Waals surface area contributed by atoms with E-state index in [-0.39, 0.29) is 5.91 Å². The van der Waals surface area contributed by atoms with E-state index in [1.54, 1.807) is 11.0 Å². The number of fused-ring (bicyclic) bond motifs is 1. The van der Waals surface area contributed by atoms with Gasteiger partial charge < -0.3 is 9.47 Å². The number of hydrogen-bond acceptors (Lipinski definition) is 3. The highest BCUT2D eigenvalue weighted by Crippen LogP contribution is 2.27. The van der Waals surface area contributed by atoms with Crippen LogP contribution in [-0.4, -0.2) is 27.4 Å². The number of halogens is 1. The minimum absolute atomic E-state index is 0.00655. The SMILES string of the molecule is CC(C)n1cccc1CN(C)C(=O)c1ccc2nc(Cl)sc2c1. The van der Waals surface area contributed by atoms with Gasteiger partial charge in [-0.15, -0.1) is 11.3 Å². The van der Waals surface area contributed by atoms with Crippen LogP contribution in [0.1, 0.15) is 35.9 Å². The van der Waals surface area contributed by atoms with Gasteiger partial charge in [-0.2, -0.15) is 0 Å². The summed E-state index contributed by atoms with van der Waals surface area (Å²) >= 11 is 7.32. The molecule has 0 atom stereocenters. The Morgan fingerprint density at radius 1 is 1.39 bits per heavy atom. The number of carbonyl (C=O) groups is 1. The van der Waals surface area contributed by atoms with Crippen molar-refractivity contribution in [1.82, 2.24) is 14.5 Å². The molecular formula is C17H18ClN3OS. The Balaban J connectivity index is 1.81. The lowest BCUT2D eigenvalue weighted by Gasteiger charge is -2.20. The molecular weight excluding hydrogens is 330 g/mol. The molecule has 0 aliphatic heterocycles. The monoisotopic (exact) mass is 347 g/mol. The average molecular weight is 348 g/mol. The largest absolute Gasteiger partial charge is 0.347 e. The topological polar surface area (TPSA) is 38.1 Å². The van der Waals surface area contributed by atoms with Crippen LogP contribution in [0.2, 0.25) is 4.47 Å². The smallest absolute Gasteiger partial charge is 0.253 e. The Kier molecular flexibility index (Phi) is 4.41. The molecule has 3 rings (SSSR count). The Morgan fingerprint density at radius 3 is 2.91 bits per heavy atom. The normalized spacial score (nSPS) is 11.3. The zero-order chi connectivity index (χ0) is 16.6. The van der Waals surface area contributed by atoms with E-state index in [1.807, 2.05) is 31.4 Å². The summed E-state index contributed by atoms with van der Waals surface area (Å²) in [7, 11) is 1.82. The molecule has 120 valence electrons. The molecule has 1 aromatic carbocycles. The van der Waals surface area contributed by atoms with E-state index in [0.29, 0.717) is 22.6 Å². The van der Waals surface area contributed by atoms with E-state index >= 15 is 0 Å². The van der Waals surface area contributed by atoms with Crippen LogP contribution in [0.5, 0.6) is 0 Å². The highest BCUT2D eigenvalue weighted by atomic mass is 35.5. The summed E-state index contributed by atoms with van der Waals surface area (Å²) in [6.45, 7) is 4.84. The predicted octanol–water partition coefficient (Wildman–Crippen LogP) is 4.60. The van der Waals surface area contributed by atoms with Crippen LogP contribution in [0.3, 0.4) is 0 Å². The van der Waals surface area contributed by atoms with Crippen LogP contribution in [0.15, 0.2) is 36.5 Å². The minimum atomic E-state index is -0.00655. The number of carbonyl (C=O) groups excluding carboxylic acids is 1. The van der Waals surface area contributed by atoms with Crippen LogP contribution in [0, 0.1) is 0 Å². The van der Waals surface area contributed by atoms with Gasteiger partial charge in [0.05, 0.1) is 16.8 Å². The van der Waals surface area contributed by atoms with Crippen molar-refractivity contribution in [1.29, 1.82) is 0 Å². The molecule has 0 spiro atoms. The molecule has 0 N–H and O–H groups in total. The van der Waals surface area contributed by atoms with Crippen LogP contribution in [0.25, 0.3) is 10.2 Å². The molecule has 0 saturated heterocycles. The van der Waals surface area contributed by atoms with Crippen molar-refractivity contribution in [3.63, 3.8) is 0 Å². The minimum Gasteiger partial charge on any atom is -0.347 e. The van der Waals surface area contributed by atoms with E-state index in [0.717, 1.165) is 15.9 Å². The molecule has 3 aromatic rings. The Hall–Kier alpha value is -1.85. The van der Waals surface area contributed by atoms with E-state index in [9.17, 15) is 4.79 Å². The van der Waals surface area contributed by atoms with Gasteiger partial charge in [0.15, 0.2) is 4.47 Å². The molecule has 0 radical (unpaired) electrons. The summed E-state index contributed by atoms with van der Waals surface area (Å²) in [5, 5.41) is 0. The lowest BCUT2D eigenvalue weighted by atomic mass is 10.2. The first kappa shape index (κ1) is 16.0. The first-order chi connectivity index (χ1) is 11.0. The van der Waals surface area contributed by atoms with Gasteiger partial charge in [-0.3, -0.25) is 4.79 Å². The van der Waals surface area contributed by atoms with Crippen molar-refractivity contribution in [3.05, 3.63) is 52.3 Å². The number of hydrogen-bond donors (Lipinski definition) is 0. The highest BCUT2D eigenvalue weighted by molar-refractivity contribution is 7.22. The van der Waals surface area contributed by atoms with Gasteiger partial charge in [0.1, 0.15) is 0 Å². The molecule has 0 aliphatic carbocycles. The third-order valence-electron chi connectivity index (χ3n) is 3.78. The zero-order valence-corrected chi connectivity index (χ0v) is 14.9. The maximum atomic E-state index is 12.7. The first-order valence-corrected chi connectivity index (χ1v) is 8.62. The molecule has 0 unspecified atom stereocenters. The molecule has 0 fully saturated rings. The van der Waals surface area contributed by atoms with E-state index < -0.39 is 0 Å². The summed E-state index contributed by atoms with van der Waals surface area (Å²) in [4.78, 5) is 18.6. The fourth-order valence-electron chi connectivity index (χ4n) is 2.63. The molecule has 2 aromatic heterocycles. The molecule has 6 heteroatoms. The maximum absolute atomic E-state index is 12.7. The molecule has 4 nitrogen and oxygen atoms in total. The summed E-state index contributed by atoms with van der Waals surface area (Å²) in [5.74, 6) is -0.00655. The summed E-state index contributed by atoms with van der Waals surface area (Å²) < 4.78 is 3.60. The number of thiazole rings is 1. The quantitative estimate of drug-likeness (QED) is 0.691. The number of rotatable bonds is 4. The van der Waals surface area contributed by atoms with Crippen LogP contribution >= 0.6 is 22.9 Å². The van der Waals surface area contributed by atoms with Gasteiger partial charge >= 0.3 is 0 Å². The highest BCUT2D eigenvalue weighted by Gasteiger charge is 2.15. The Morgan fingerprint density at radius 2 is 2.17 bits per heavy atom. The van der Waals surface area contributed by atoms with Crippen LogP contribution in [-0.2, 0) is 6.54 Å². The van der Waals surface area contributed by atoms with Crippen molar-refractivity contribution in [2.45, 2.75) is 26.4 Å². The number of benzene rings is 1. The van der Waals surface area contributed by atoms with Crippen molar-refractivity contribution in [2.24, 2.45) is 0 Å². The van der Waals surface area contributed by atoms with E-state index in [2.05, 4.69) is 29.5 Å². The molecule has 0 aliphatic rings. The number of amides is 1. The number of aromatic nitrogens is 2. The van der Waals surface area contributed by atoms with Gasteiger partial charge in [-0.05, 0) is 44.2 Å². The molecule has 2 heterocycles. The van der Waals surface area contributed by atoms with Gasteiger partial charge in [-0.1, -0.05) is 11.6 Å². The van der Waals surface area contributed by atoms with E-state index in [1.165, 1.54) is 11.3 Å². The van der Waals surface area contributed by atoms with Crippen molar-refractivity contribution in [3.8, 4) is 0 Å². The maximum Gasteiger partial charge on any atom is 0.253 e. The van der Waals surface area contributed by atoms with Crippen molar-refractivity contribution < 1.29 is 4.79 Å².